The molecular weight excluding hydrogens is 415 g/mol. The zero-order valence-corrected chi connectivity index (χ0v) is 19.0. The molecular formula is C26H31FN6. The number of imidazole rings is 1. The third-order valence-corrected chi connectivity index (χ3v) is 6.69. The van der Waals surface area contributed by atoms with Crippen molar-refractivity contribution < 1.29 is 4.39 Å². The van der Waals surface area contributed by atoms with Gasteiger partial charge in [-0.05, 0) is 45.2 Å². The lowest BCUT2D eigenvalue weighted by molar-refractivity contribution is 0.327. The van der Waals surface area contributed by atoms with Gasteiger partial charge in [-0.2, -0.15) is 4.98 Å². The van der Waals surface area contributed by atoms with Crippen molar-refractivity contribution in [2.45, 2.75) is 38.9 Å². The molecule has 0 spiro atoms. The number of alkyl halides is 1. The number of nitrogens with zero attached hydrogens (tertiary/aromatic N) is 4. The van der Waals surface area contributed by atoms with E-state index < -0.39 is 6.17 Å². The van der Waals surface area contributed by atoms with Crippen LogP contribution in [0.15, 0.2) is 54.8 Å². The molecule has 3 heterocycles. The molecule has 2 unspecified atom stereocenters. The Hall–Kier alpha value is -3.06. The molecule has 3 aromatic rings. The highest BCUT2D eigenvalue weighted by Gasteiger charge is 2.20. The number of aryl methyl sites for hydroxylation is 2. The van der Waals surface area contributed by atoms with Crippen LogP contribution in [0.25, 0.3) is 22.6 Å². The molecule has 0 saturated carbocycles. The van der Waals surface area contributed by atoms with Crippen LogP contribution in [-0.2, 0) is 6.54 Å². The number of halogens is 1. The van der Waals surface area contributed by atoms with Crippen molar-refractivity contribution in [2.75, 3.05) is 25.0 Å². The molecule has 5 rings (SSSR count). The number of anilines is 1. The lowest BCUT2D eigenvalue weighted by Crippen LogP contribution is -2.28. The summed E-state index contributed by atoms with van der Waals surface area (Å²) in [6.07, 6.45) is 11.4. The van der Waals surface area contributed by atoms with Crippen LogP contribution in [0, 0.1) is 18.8 Å². The van der Waals surface area contributed by atoms with E-state index >= 15 is 0 Å². The van der Waals surface area contributed by atoms with Gasteiger partial charge in [0, 0.05) is 24.6 Å². The highest BCUT2D eigenvalue weighted by molar-refractivity contribution is 5.77. The van der Waals surface area contributed by atoms with E-state index in [9.17, 15) is 4.39 Å². The molecule has 0 bridgehead atoms. The molecule has 2 aromatic heterocycles. The molecule has 2 aliphatic rings. The number of benzene rings is 1. The van der Waals surface area contributed by atoms with Gasteiger partial charge in [0.25, 0.3) is 0 Å². The number of hydrogen-bond donors (Lipinski definition) is 2. The summed E-state index contributed by atoms with van der Waals surface area (Å²) in [4.78, 5) is 14.2. The minimum atomic E-state index is -0.991. The SMILES string of the molecule is Cc1ccc(-c2nc3cnc(NCC4C=CC=CC4F)nc3n2CCC2CCNCC2)cc1. The summed E-state index contributed by atoms with van der Waals surface area (Å²) in [5.41, 5.74) is 3.91. The zero-order chi connectivity index (χ0) is 22.6. The number of piperidine rings is 1. The molecule has 33 heavy (non-hydrogen) atoms. The van der Waals surface area contributed by atoms with E-state index in [1.165, 1.54) is 18.4 Å². The monoisotopic (exact) mass is 446 g/mol. The van der Waals surface area contributed by atoms with Crippen LogP contribution >= 0.6 is 0 Å². The van der Waals surface area contributed by atoms with Crippen molar-refractivity contribution in [3.63, 3.8) is 0 Å². The summed E-state index contributed by atoms with van der Waals surface area (Å²) < 4.78 is 16.4. The minimum absolute atomic E-state index is 0.220. The van der Waals surface area contributed by atoms with E-state index in [0.29, 0.717) is 18.4 Å². The Kier molecular flexibility index (Phi) is 6.48. The number of hydrogen-bond acceptors (Lipinski definition) is 5. The van der Waals surface area contributed by atoms with Crippen molar-refractivity contribution in [3.05, 3.63) is 60.3 Å². The quantitative estimate of drug-likeness (QED) is 0.551. The van der Waals surface area contributed by atoms with E-state index in [0.717, 1.165) is 48.6 Å². The number of rotatable bonds is 7. The number of fused-ring (bicyclic) bond motifs is 1. The molecule has 0 amide bonds. The smallest absolute Gasteiger partial charge is 0.224 e. The Bertz CT molecular complexity index is 1140. The highest BCUT2D eigenvalue weighted by atomic mass is 19.1. The van der Waals surface area contributed by atoms with Crippen molar-refractivity contribution >= 4 is 17.1 Å². The van der Waals surface area contributed by atoms with Crippen LogP contribution in [0.5, 0.6) is 0 Å². The largest absolute Gasteiger partial charge is 0.353 e. The summed E-state index contributed by atoms with van der Waals surface area (Å²) in [5, 5.41) is 6.68. The van der Waals surface area contributed by atoms with Crippen LogP contribution in [0.1, 0.15) is 24.8 Å². The minimum Gasteiger partial charge on any atom is -0.353 e. The molecule has 2 N–H and O–H groups in total. The van der Waals surface area contributed by atoms with Gasteiger partial charge in [-0.3, -0.25) is 0 Å². The molecule has 172 valence electrons. The fourth-order valence-corrected chi connectivity index (χ4v) is 4.64. The summed E-state index contributed by atoms with van der Waals surface area (Å²) in [6.45, 7) is 5.59. The van der Waals surface area contributed by atoms with Crippen molar-refractivity contribution in [1.29, 1.82) is 0 Å². The summed E-state index contributed by atoms with van der Waals surface area (Å²) in [6, 6.07) is 8.47. The second-order valence-electron chi connectivity index (χ2n) is 9.10. The van der Waals surface area contributed by atoms with Crippen LogP contribution in [0.4, 0.5) is 10.3 Å². The van der Waals surface area contributed by atoms with Gasteiger partial charge in [-0.1, -0.05) is 54.1 Å². The Balaban J connectivity index is 1.43. The first-order valence-electron chi connectivity index (χ1n) is 11.9. The third-order valence-electron chi connectivity index (χ3n) is 6.69. The van der Waals surface area contributed by atoms with Crippen molar-refractivity contribution in [3.8, 4) is 11.4 Å². The topological polar surface area (TPSA) is 67.7 Å². The molecule has 1 aromatic carbocycles. The molecule has 0 radical (unpaired) electrons. The summed E-state index contributed by atoms with van der Waals surface area (Å²) in [5.74, 6) is 1.93. The predicted molar refractivity (Wildman–Crippen MR) is 131 cm³/mol. The standard InChI is InChI=1S/C26H31FN6/c1-18-6-8-20(9-7-18)24-31-23-17-30-26(29-16-21-4-2-3-5-22(21)27)32-25(23)33(24)15-12-19-10-13-28-14-11-19/h2-9,17,19,21-22,28H,10-16H2,1H3,(H,29,30,32). The van der Waals surface area contributed by atoms with Gasteiger partial charge < -0.3 is 15.2 Å². The Morgan fingerprint density at radius 1 is 1.09 bits per heavy atom. The van der Waals surface area contributed by atoms with Gasteiger partial charge in [0.1, 0.15) is 17.5 Å². The van der Waals surface area contributed by atoms with E-state index in [-0.39, 0.29) is 5.92 Å². The van der Waals surface area contributed by atoms with Gasteiger partial charge >= 0.3 is 0 Å². The molecule has 6 nitrogen and oxygen atoms in total. The fourth-order valence-electron chi connectivity index (χ4n) is 4.64. The van der Waals surface area contributed by atoms with E-state index in [1.807, 2.05) is 12.2 Å². The van der Waals surface area contributed by atoms with Crippen LogP contribution in [0.2, 0.25) is 0 Å². The average molecular weight is 447 g/mol. The van der Waals surface area contributed by atoms with Gasteiger partial charge in [0.2, 0.25) is 5.95 Å². The second kappa shape index (κ2) is 9.83. The predicted octanol–water partition coefficient (Wildman–Crippen LogP) is 4.68. The molecule has 1 aliphatic heterocycles. The van der Waals surface area contributed by atoms with Gasteiger partial charge in [0.05, 0.1) is 6.20 Å². The van der Waals surface area contributed by atoms with Gasteiger partial charge in [-0.15, -0.1) is 0 Å². The van der Waals surface area contributed by atoms with Crippen molar-refractivity contribution in [2.24, 2.45) is 11.8 Å². The first kappa shape index (κ1) is 21.8. The maximum absolute atomic E-state index is 14.1. The summed E-state index contributed by atoms with van der Waals surface area (Å²) >= 11 is 0. The first-order valence-corrected chi connectivity index (χ1v) is 11.9. The number of aromatic nitrogens is 4. The average Bonchev–Trinajstić information content (AvgIpc) is 3.21. The molecule has 2 atom stereocenters. The van der Waals surface area contributed by atoms with E-state index in [2.05, 4.69) is 51.4 Å². The lowest BCUT2D eigenvalue weighted by atomic mass is 9.95. The van der Waals surface area contributed by atoms with Crippen molar-refractivity contribution in [1.82, 2.24) is 24.8 Å². The number of allylic oxidation sites excluding steroid dienone is 3. The highest BCUT2D eigenvalue weighted by Crippen LogP contribution is 2.27. The van der Waals surface area contributed by atoms with Crippen LogP contribution < -0.4 is 10.6 Å². The Morgan fingerprint density at radius 3 is 2.67 bits per heavy atom. The fraction of sp³-hybridized carbons (Fsp3) is 0.423. The van der Waals surface area contributed by atoms with E-state index in [4.69, 9.17) is 9.97 Å². The number of nitrogens with one attached hydrogen (secondary N) is 2. The Morgan fingerprint density at radius 2 is 1.88 bits per heavy atom. The molecule has 1 saturated heterocycles. The maximum atomic E-state index is 14.1. The van der Waals surface area contributed by atoms with Crippen LogP contribution in [0.3, 0.4) is 0 Å². The summed E-state index contributed by atoms with van der Waals surface area (Å²) in [7, 11) is 0. The molecule has 1 aliphatic carbocycles. The molecule has 7 heteroatoms. The van der Waals surface area contributed by atoms with Crippen LogP contribution in [-0.4, -0.2) is 45.3 Å². The third kappa shape index (κ3) is 4.98. The normalized spacial score (nSPS) is 21.0. The van der Waals surface area contributed by atoms with E-state index in [1.54, 1.807) is 18.3 Å². The maximum Gasteiger partial charge on any atom is 0.224 e. The van der Waals surface area contributed by atoms with Gasteiger partial charge in [0.15, 0.2) is 5.65 Å². The Labute approximate surface area is 194 Å². The first-order chi connectivity index (χ1) is 16.2. The molecule has 1 fully saturated rings. The van der Waals surface area contributed by atoms with Gasteiger partial charge in [-0.25, -0.2) is 14.4 Å². The second-order valence-corrected chi connectivity index (χ2v) is 9.10. The zero-order valence-electron chi connectivity index (χ0n) is 19.0. The lowest BCUT2D eigenvalue weighted by Gasteiger charge is -2.23.